The summed E-state index contributed by atoms with van der Waals surface area (Å²) in [6, 6.07) is 14.9. The summed E-state index contributed by atoms with van der Waals surface area (Å²) >= 11 is 0. The largest absolute Gasteiger partial charge is 0.423 e. The first kappa shape index (κ1) is 34.0. The molecule has 0 aliphatic rings. The van der Waals surface area contributed by atoms with Gasteiger partial charge in [-0.2, -0.15) is 0 Å². The van der Waals surface area contributed by atoms with Gasteiger partial charge in [-0.05, 0) is 42.7 Å². The van der Waals surface area contributed by atoms with Crippen molar-refractivity contribution in [2.75, 3.05) is 10.6 Å². The Kier molecular flexibility index (Phi) is 10.1. The van der Waals surface area contributed by atoms with Crippen LogP contribution in [-0.4, -0.2) is 44.6 Å². The molecule has 3 N–H and O–H groups in total. The highest BCUT2D eigenvalue weighted by molar-refractivity contribution is 5.91. The zero-order valence-electron chi connectivity index (χ0n) is 27.3. The van der Waals surface area contributed by atoms with Crippen molar-refractivity contribution >= 4 is 33.4 Å². The van der Waals surface area contributed by atoms with Crippen molar-refractivity contribution in [3.05, 3.63) is 152 Å². The third-order valence-corrected chi connectivity index (χ3v) is 7.60. The van der Waals surface area contributed by atoms with Crippen LogP contribution < -0.4 is 26.6 Å². The average molecular weight is 693 g/mol. The SMILES string of the molecule is Cc1ncnc2c1c(NCc1cncc(F)c1)cc(=O)n2O.Cc1ncnc2c1c(NCc1cncc(F)c1)cc(=O)n2OCc1ccccc1. The lowest BCUT2D eigenvalue weighted by Crippen LogP contribution is -2.28. The first-order valence-corrected chi connectivity index (χ1v) is 15.5. The van der Waals surface area contributed by atoms with Gasteiger partial charge in [0.05, 0.1) is 45.9 Å². The Bertz CT molecular complexity index is 2460. The zero-order valence-corrected chi connectivity index (χ0v) is 27.3. The normalized spacial score (nSPS) is 10.8. The van der Waals surface area contributed by atoms with Gasteiger partial charge < -0.3 is 20.7 Å². The van der Waals surface area contributed by atoms with Gasteiger partial charge in [-0.15, -0.1) is 9.46 Å². The van der Waals surface area contributed by atoms with E-state index in [2.05, 4.69) is 40.5 Å². The first-order chi connectivity index (χ1) is 24.7. The van der Waals surface area contributed by atoms with Crippen LogP contribution in [0.1, 0.15) is 28.1 Å². The lowest BCUT2D eigenvalue weighted by Gasteiger charge is -2.15. The molecule has 0 aliphatic carbocycles. The second-order valence-electron chi connectivity index (χ2n) is 11.2. The highest BCUT2D eigenvalue weighted by atomic mass is 19.1. The number of fused-ring (bicyclic) bond motifs is 2. The van der Waals surface area contributed by atoms with Crippen molar-refractivity contribution < 1.29 is 18.8 Å². The van der Waals surface area contributed by atoms with Crippen LogP contribution in [0.15, 0.2) is 102 Å². The Morgan fingerprint density at radius 3 is 1.78 bits per heavy atom. The van der Waals surface area contributed by atoms with Crippen LogP contribution in [-0.2, 0) is 19.7 Å². The number of rotatable bonds is 9. The number of nitrogens with one attached hydrogen (secondary N) is 2. The highest BCUT2D eigenvalue weighted by Gasteiger charge is 2.15. The van der Waals surface area contributed by atoms with Crippen molar-refractivity contribution in [2.45, 2.75) is 33.5 Å². The molecule has 0 amide bonds. The molecule has 0 saturated heterocycles. The van der Waals surface area contributed by atoms with E-state index in [9.17, 15) is 23.6 Å². The molecule has 51 heavy (non-hydrogen) atoms. The molecule has 0 aliphatic heterocycles. The van der Waals surface area contributed by atoms with Gasteiger partial charge >= 0.3 is 0 Å². The molecule has 0 bridgehead atoms. The molecule has 7 rings (SSSR count). The molecule has 16 heteroatoms. The van der Waals surface area contributed by atoms with Gasteiger partial charge in [-0.25, -0.2) is 28.7 Å². The van der Waals surface area contributed by atoms with E-state index < -0.39 is 17.2 Å². The van der Waals surface area contributed by atoms with Gasteiger partial charge in [0.25, 0.3) is 11.1 Å². The summed E-state index contributed by atoms with van der Waals surface area (Å²) in [4.78, 5) is 54.3. The minimum atomic E-state index is -0.620. The molecule has 0 fully saturated rings. The quantitative estimate of drug-likeness (QED) is 0.183. The standard InChI is InChI=1S/C21H18FN5O2.C14H12FN5O2/c1-14-20-18(24-10-16-7-17(22)11-23-9-16)8-19(28)27(21(20)26-13-25-14)29-12-15-5-3-2-4-6-15;1-8-13-11(17-5-9-2-10(15)6-16-4-9)3-12(21)20(22)14(13)19-7-18-8/h2-9,11,13,24H,10,12H2,1H3;2-4,6-7,17,22H,5H2,1H3. The van der Waals surface area contributed by atoms with Gasteiger partial charge in [-0.1, -0.05) is 30.3 Å². The van der Waals surface area contributed by atoms with E-state index in [1.54, 1.807) is 13.1 Å². The molecule has 0 unspecified atom stereocenters. The fourth-order valence-corrected chi connectivity index (χ4v) is 5.20. The zero-order chi connectivity index (χ0) is 35.9. The minimum Gasteiger partial charge on any atom is -0.423 e. The molecular weight excluding hydrogens is 662 g/mol. The summed E-state index contributed by atoms with van der Waals surface area (Å²) in [5.74, 6) is -0.854. The molecule has 6 aromatic heterocycles. The third-order valence-electron chi connectivity index (χ3n) is 7.60. The molecule has 6 heterocycles. The van der Waals surface area contributed by atoms with E-state index in [0.717, 1.165) is 18.0 Å². The van der Waals surface area contributed by atoms with Crippen LogP contribution in [0, 0.1) is 25.5 Å². The number of hydrogen-bond donors (Lipinski definition) is 3. The van der Waals surface area contributed by atoms with Crippen LogP contribution in [0.2, 0.25) is 0 Å². The average Bonchev–Trinajstić information content (AvgIpc) is 3.12. The number of hydrogen-bond acceptors (Lipinski definition) is 12. The summed E-state index contributed by atoms with van der Waals surface area (Å²) in [6.07, 6.45) is 8.00. The smallest absolute Gasteiger partial charge is 0.287 e. The monoisotopic (exact) mass is 692 g/mol. The second kappa shape index (κ2) is 15.1. The molecule has 0 spiro atoms. The van der Waals surface area contributed by atoms with Crippen molar-refractivity contribution in [3.8, 4) is 0 Å². The van der Waals surface area contributed by atoms with E-state index in [-0.39, 0.29) is 24.4 Å². The second-order valence-corrected chi connectivity index (χ2v) is 11.2. The Hall–Kier alpha value is -6.84. The molecule has 0 radical (unpaired) electrons. The summed E-state index contributed by atoms with van der Waals surface area (Å²) in [7, 11) is 0. The number of halogens is 2. The van der Waals surface area contributed by atoms with Crippen LogP contribution in [0.5, 0.6) is 0 Å². The fourth-order valence-electron chi connectivity index (χ4n) is 5.20. The molecular formula is C35H30F2N10O4. The minimum absolute atomic E-state index is 0.111. The maximum absolute atomic E-state index is 13.4. The van der Waals surface area contributed by atoms with Gasteiger partial charge in [0.15, 0.2) is 11.3 Å². The van der Waals surface area contributed by atoms with Crippen LogP contribution in [0.3, 0.4) is 0 Å². The summed E-state index contributed by atoms with van der Waals surface area (Å²) < 4.78 is 28.1. The first-order valence-electron chi connectivity index (χ1n) is 15.5. The van der Waals surface area contributed by atoms with Crippen molar-refractivity contribution in [1.82, 2.24) is 39.4 Å². The van der Waals surface area contributed by atoms with Crippen molar-refractivity contribution in [2.24, 2.45) is 0 Å². The molecule has 0 saturated carbocycles. The van der Waals surface area contributed by atoms with Gasteiger partial charge in [-0.3, -0.25) is 19.6 Å². The van der Waals surface area contributed by atoms with Gasteiger partial charge in [0, 0.05) is 37.6 Å². The predicted molar refractivity (Wildman–Crippen MR) is 184 cm³/mol. The van der Waals surface area contributed by atoms with E-state index in [4.69, 9.17) is 4.84 Å². The predicted octanol–water partition coefficient (Wildman–Crippen LogP) is 4.36. The van der Waals surface area contributed by atoms with Crippen LogP contribution >= 0.6 is 0 Å². The van der Waals surface area contributed by atoms with Crippen molar-refractivity contribution in [3.63, 3.8) is 0 Å². The topological polar surface area (TPSA) is 175 Å². The third kappa shape index (κ3) is 7.91. The maximum Gasteiger partial charge on any atom is 0.287 e. The molecule has 1 aromatic carbocycles. The van der Waals surface area contributed by atoms with Crippen molar-refractivity contribution in [1.29, 1.82) is 0 Å². The Morgan fingerprint density at radius 1 is 0.686 bits per heavy atom. The number of benzene rings is 1. The Balaban J connectivity index is 0.000000183. The number of nitrogens with zero attached hydrogens (tertiary/aromatic N) is 8. The molecule has 0 atom stereocenters. The van der Waals surface area contributed by atoms with E-state index in [1.807, 2.05) is 37.3 Å². The van der Waals surface area contributed by atoms with E-state index in [0.29, 0.717) is 61.6 Å². The van der Waals surface area contributed by atoms with E-state index in [1.165, 1.54) is 47.8 Å². The number of aromatic nitrogens is 8. The summed E-state index contributed by atoms with van der Waals surface area (Å²) in [5.41, 5.74) is 3.99. The molecule has 14 nitrogen and oxygen atoms in total. The number of pyridine rings is 4. The van der Waals surface area contributed by atoms with Crippen LogP contribution in [0.25, 0.3) is 22.1 Å². The molecule has 7 aromatic rings. The van der Waals surface area contributed by atoms with Gasteiger partial charge in [0.1, 0.15) is 30.9 Å². The van der Waals surface area contributed by atoms with E-state index >= 15 is 0 Å². The lowest BCUT2D eigenvalue weighted by atomic mass is 10.2. The number of aryl methyl sites for hydroxylation is 2. The maximum atomic E-state index is 13.4. The van der Waals surface area contributed by atoms with Gasteiger partial charge in [0.2, 0.25) is 0 Å². The highest BCUT2D eigenvalue weighted by Crippen LogP contribution is 2.24. The van der Waals surface area contributed by atoms with Crippen LogP contribution in [0.4, 0.5) is 20.2 Å². The fraction of sp³-hybridized carbons (Fsp3) is 0.143. The Labute approximate surface area is 288 Å². The lowest BCUT2D eigenvalue weighted by molar-refractivity contribution is 0.0979. The number of anilines is 2. The Morgan fingerprint density at radius 2 is 1.22 bits per heavy atom. The molecule has 258 valence electrons. The summed E-state index contributed by atoms with van der Waals surface area (Å²) in [5, 5.41) is 17.1. The summed E-state index contributed by atoms with van der Waals surface area (Å²) in [6.45, 7) is 4.35.